The third-order valence-electron chi connectivity index (χ3n) is 19.7. The van der Waals surface area contributed by atoms with Crippen molar-refractivity contribution in [3.63, 3.8) is 0 Å². The van der Waals surface area contributed by atoms with E-state index in [0.29, 0.717) is 11.4 Å². The van der Waals surface area contributed by atoms with Gasteiger partial charge in [0.15, 0.2) is 0 Å². The Hall–Kier alpha value is -3.63. The zero-order chi connectivity index (χ0) is 77.1. The van der Waals surface area contributed by atoms with Crippen LogP contribution in [0.5, 0.6) is 0 Å². The minimum atomic E-state index is -3.37. The molecule has 2 aliphatic heterocycles. The number of rotatable bonds is 14. The molecule has 0 aromatic heterocycles. The summed E-state index contributed by atoms with van der Waals surface area (Å²) < 4.78 is 50.9. The summed E-state index contributed by atoms with van der Waals surface area (Å²) in [6, 6.07) is 45.6. The van der Waals surface area contributed by atoms with E-state index in [2.05, 4.69) is 196 Å². The molecule has 0 amide bonds. The Morgan fingerprint density at radius 1 is 0.410 bits per heavy atom. The van der Waals surface area contributed by atoms with Gasteiger partial charge < -0.3 is 19.6 Å². The Labute approximate surface area is 673 Å². The average Bonchev–Trinajstić information content (AvgIpc) is 1.65. The van der Waals surface area contributed by atoms with E-state index < -0.39 is 47.1 Å². The molecule has 584 valence electrons. The molecule has 10 nitrogen and oxygen atoms in total. The van der Waals surface area contributed by atoms with Crippen molar-refractivity contribution in [3.05, 3.63) is 238 Å². The first-order valence-corrected chi connectivity index (χ1v) is 54.1. The van der Waals surface area contributed by atoms with E-state index in [1.165, 1.54) is 117 Å². The van der Waals surface area contributed by atoms with E-state index in [-0.39, 0.29) is 7.92 Å². The number of anilines is 6. The zero-order valence-electron chi connectivity index (χ0n) is 64.1. The first kappa shape index (κ1) is 90.3. The summed E-state index contributed by atoms with van der Waals surface area (Å²) >= 11 is -0.127. The van der Waals surface area contributed by atoms with Crippen LogP contribution in [0.25, 0.3) is 0 Å². The van der Waals surface area contributed by atoms with Crippen LogP contribution in [-0.4, -0.2) is 81.8 Å². The van der Waals surface area contributed by atoms with Gasteiger partial charge in [0, 0.05) is 63.1 Å². The molecule has 3 saturated carbocycles. The third kappa shape index (κ3) is 28.6. The SMILES string of the molecule is C1CCC([PH+](C2CCCCC2)C2CCCCC2)CC1.C=CN(c1ccccc1)S(C)(=O)=O.CS(=O)(=O)N([CH]=[Ru]([Cl])[Cl])c1ccccc1.Cc1cc(C)c(N2[CH-]N(c3c(C)cc(C)cc3C)CC2)c(C)c1.Cc1cc(C)c(N2[CH-]N(c3c(C)cc(C)cc3C)CC2)c(C)c1.[Cl][Cu].[Cl][Ru]([Cl])=[CH]c1ccccc1. The Kier molecular flexibility index (Phi) is 38.7. The second-order valence-corrected chi connectivity index (χ2v) is 47.0. The summed E-state index contributed by atoms with van der Waals surface area (Å²) in [6.45, 7) is 38.6. The number of halogens is 5. The van der Waals surface area contributed by atoms with Crippen molar-refractivity contribution in [1.29, 1.82) is 0 Å². The Morgan fingerprint density at radius 2 is 0.657 bits per heavy atom. The number of aryl methyl sites for hydroxylation is 12. The molecule has 12 rings (SSSR count). The van der Waals surface area contributed by atoms with Gasteiger partial charge in [-0.15, -0.1) is 0 Å². The second-order valence-electron chi connectivity index (χ2n) is 28.5. The monoisotopic (exact) mass is 1810 g/mol. The number of para-hydroxylation sites is 2. The Balaban J connectivity index is 0.000000201. The summed E-state index contributed by atoms with van der Waals surface area (Å²) in [4.78, 5) is 9.62. The summed E-state index contributed by atoms with van der Waals surface area (Å²) in [6.07, 6.45) is 27.3. The summed E-state index contributed by atoms with van der Waals surface area (Å²) in [5, 5.41) is 0. The van der Waals surface area contributed by atoms with Gasteiger partial charge in [-0.3, -0.25) is 0 Å². The molecular weight excluding hydrogens is 1700 g/mol. The maximum absolute atomic E-state index is 11.5. The van der Waals surface area contributed by atoms with Crippen LogP contribution in [0.4, 0.5) is 34.1 Å². The standard InChI is InChI=1S/2C21H27N2.C18H33P.C9H11NO2S.C8H9NO2S.C7H6.5ClH.Cu.2Ru/c2*1-14-9-16(3)20(17(4)10-14)22-7-8-23(13-22)21-18(5)11-15(2)12-19(21)6;1-4-10-16(11-5-1)19(17-12-6-2-7-13-17)18-14-8-3-9-15-18;1-3-10(13(2,11)12)9-7-5-4-6-8-9;1-9(12(2,10)11)8-6-4-3-5-7-8;1-7-5-3-2-4-6-7;;;;;;;;/h2*9-13H,7-8H2,1-6H3;16-18H,1-15H2;3-8H,1H2,2H3;1,3-7H,2H3;1-6H;5*1H;;;/q2*-1;;;;;;;;;;+1;2*+2/p-4. The fourth-order valence-corrected chi connectivity index (χ4v) is 27.8. The van der Waals surface area contributed by atoms with Crippen molar-refractivity contribution in [3.8, 4) is 0 Å². The molecule has 7 aromatic carbocycles. The van der Waals surface area contributed by atoms with Gasteiger partial charge in [0.2, 0.25) is 10.0 Å². The number of hydrogen-bond donors (Lipinski definition) is 0. The van der Waals surface area contributed by atoms with Gasteiger partial charge in [0.1, 0.15) is 0 Å². The molecule has 0 N–H and O–H groups in total. The van der Waals surface area contributed by atoms with Crippen LogP contribution in [0.3, 0.4) is 0 Å². The molecule has 0 radical (unpaired) electrons. The van der Waals surface area contributed by atoms with Crippen molar-refractivity contribution < 1.29 is 59.0 Å². The molecule has 0 atom stereocenters. The number of sulfonamides is 2. The fourth-order valence-electron chi connectivity index (χ4n) is 16.1. The maximum atomic E-state index is 11.5. The van der Waals surface area contributed by atoms with Gasteiger partial charge >= 0.3 is 201 Å². The molecule has 2 saturated heterocycles. The molecule has 21 heteroatoms. The normalized spacial score (nSPS) is 15.8. The van der Waals surface area contributed by atoms with Crippen LogP contribution < -0.4 is 28.2 Å². The van der Waals surface area contributed by atoms with Crippen LogP contribution >= 0.6 is 56.8 Å². The van der Waals surface area contributed by atoms with Crippen molar-refractivity contribution >= 4 is 120 Å². The average molecular weight is 1810 g/mol. The molecule has 0 unspecified atom stereocenters. The summed E-state index contributed by atoms with van der Waals surface area (Å²) in [5.74, 6) is 0. The molecule has 5 fully saturated rings. The molecule has 5 aliphatic rings. The quantitative estimate of drug-likeness (QED) is 0.0605. The number of nitrogens with zero attached hydrogens (tertiary/aromatic N) is 6. The predicted octanol–water partition coefficient (Wildman–Crippen LogP) is 23.3. The van der Waals surface area contributed by atoms with E-state index in [1.807, 2.05) is 41.0 Å². The third-order valence-corrected chi connectivity index (χ3v) is 30.1. The van der Waals surface area contributed by atoms with Crippen LogP contribution in [0.15, 0.2) is 152 Å². The first-order chi connectivity index (χ1) is 49.9. The molecule has 2 heterocycles. The van der Waals surface area contributed by atoms with Gasteiger partial charge in [0.25, 0.3) is 0 Å². The van der Waals surface area contributed by atoms with E-state index >= 15 is 0 Å². The van der Waals surface area contributed by atoms with Crippen molar-refractivity contribution in [2.75, 3.05) is 66.9 Å². The molecule has 0 spiro atoms. The van der Waals surface area contributed by atoms with Crippen molar-refractivity contribution in [1.82, 2.24) is 0 Å². The molecule has 7 aromatic rings. The minimum absolute atomic E-state index is 0.0465. The van der Waals surface area contributed by atoms with E-state index in [9.17, 15) is 16.8 Å². The van der Waals surface area contributed by atoms with Gasteiger partial charge in [0.05, 0.1) is 28.9 Å². The molecule has 105 heavy (non-hydrogen) atoms. The first-order valence-electron chi connectivity index (χ1n) is 36.4. The van der Waals surface area contributed by atoms with Crippen LogP contribution in [0.2, 0.25) is 0 Å². The zero-order valence-corrected chi connectivity index (χ0v) is 74.9. The van der Waals surface area contributed by atoms with E-state index in [4.69, 9.17) is 38.8 Å². The van der Waals surface area contributed by atoms with E-state index in [0.717, 1.165) is 52.9 Å². The second kappa shape index (κ2) is 45.0. The summed E-state index contributed by atoms with van der Waals surface area (Å²) in [5.41, 5.74) is 27.6. The fraction of sp³-hybridized carbons (Fsp3) is 0.429. The predicted molar refractivity (Wildman–Crippen MR) is 454 cm³/mol. The van der Waals surface area contributed by atoms with Gasteiger partial charge in [-0.1, -0.05) is 115 Å². The van der Waals surface area contributed by atoms with Crippen LogP contribution in [-0.2, 0) is 62.2 Å². The van der Waals surface area contributed by atoms with Crippen LogP contribution in [0.1, 0.15) is 169 Å². The van der Waals surface area contributed by atoms with Gasteiger partial charge in [-0.2, -0.15) is 13.3 Å². The van der Waals surface area contributed by atoms with Crippen LogP contribution in [0, 0.1) is 96.4 Å². The number of benzene rings is 7. The molecule has 3 aliphatic carbocycles. The van der Waals surface area contributed by atoms with Crippen molar-refractivity contribution in [2.24, 2.45) is 0 Å². The Morgan fingerprint density at radius 3 is 0.886 bits per heavy atom. The summed E-state index contributed by atoms with van der Waals surface area (Å²) in [7, 11) is 20.2. The van der Waals surface area contributed by atoms with Gasteiger partial charge in [-0.05, 0) is 217 Å². The number of hydrogen-bond acceptors (Lipinski definition) is 8. The Bertz CT molecular complexity index is 3790. The van der Waals surface area contributed by atoms with Crippen molar-refractivity contribution in [2.45, 2.75) is 196 Å². The van der Waals surface area contributed by atoms with Gasteiger partial charge in [-0.25, -0.2) is 12.7 Å². The topological polar surface area (TPSA) is 87.7 Å². The van der Waals surface area contributed by atoms with E-state index in [1.54, 1.807) is 151 Å². The molecular formula is C84H114Cl5CuN6O4PRu2S2-. The molecule has 0 bridgehead atoms.